The van der Waals surface area contributed by atoms with Gasteiger partial charge in [-0.15, -0.1) is 0 Å². The lowest BCUT2D eigenvalue weighted by Gasteiger charge is -2.37. The van der Waals surface area contributed by atoms with Crippen molar-refractivity contribution in [1.29, 1.82) is 0 Å². The predicted molar refractivity (Wildman–Crippen MR) is 96.3 cm³/mol. The van der Waals surface area contributed by atoms with Crippen LogP contribution in [0.4, 0.5) is 0 Å². The van der Waals surface area contributed by atoms with E-state index in [9.17, 15) is 18.3 Å². The summed E-state index contributed by atoms with van der Waals surface area (Å²) in [6.45, 7) is 4.66. The second kappa shape index (κ2) is 6.70. The SMILES string of the molecule is CC(C)(O)CCc1cccc(C(=O)N2CCN[C@H]3CS(=O)(=O)C[C@H]32)c1. The number of amides is 1. The van der Waals surface area contributed by atoms with Crippen molar-refractivity contribution in [2.75, 3.05) is 24.6 Å². The van der Waals surface area contributed by atoms with E-state index in [4.69, 9.17) is 0 Å². The maximum Gasteiger partial charge on any atom is 0.254 e. The molecule has 1 aromatic carbocycles. The molecule has 0 bridgehead atoms. The third kappa shape index (κ3) is 4.40. The fourth-order valence-electron chi connectivity index (χ4n) is 3.60. The van der Waals surface area contributed by atoms with E-state index >= 15 is 0 Å². The van der Waals surface area contributed by atoms with Crippen LogP contribution in [0.15, 0.2) is 24.3 Å². The maximum atomic E-state index is 13.0. The predicted octanol–water partition coefficient (Wildman–Crippen LogP) is 0.601. The van der Waals surface area contributed by atoms with Gasteiger partial charge in [-0.3, -0.25) is 4.79 Å². The minimum Gasteiger partial charge on any atom is -0.390 e. The Bertz CT molecular complexity index is 755. The number of piperazine rings is 1. The van der Waals surface area contributed by atoms with Crippen molar-refractivity contribution >= 4 is 15.7 Å². The highest BCUT2D eigenvalue weighted by atomic mass is 32.2. The number of carbonyl (C=O) groups is 1. The number of sulfone groups is 1. The van der Waals surface area contributed by atoms with Gasteiger partial charge >= 0.3 is 0 Å². The van der Waals surface area contributed by atoms with Crippen molar-refractivity contribution in [3.05, 3.63) is 35.4 Å². The normalized spacial score (nSPS) is 25.6. The first kappa shape index (κ1) is 18.4. The average Bonchev–Trinajstić information content (AvgIpc) is 2.85. The second-order valence-electron chi connectivity index (χ2n) is 7.72. The molecule has 0 radical (unpaired) electrons. The Morgan fingerprint density at radius 2 is 2.12 bits per heavy atom. The van der Waals surface area contributed by atoms with Gasteiger partial charge in [-0.05, 0) is 44.4 Å². The van der Waals surface area contributed by atoms with Crippen molar-refractivity contribution in [3.8, 4) is 0 Å². The molecule has 2 heterocycles. The first-order chi connectivity index (χ1) is 11.6. The van der Waals surface area contributed by atoms with Crippen LogP contribution >= 0.6 is 0 Å². The molecule has 0 aliphatic carbocycles. The highest BCUT2D eigenvalue weighted by molar-refractivity contribution is 7.91. The number of rotatable bonds is 4. The van der Waals surface area contributed by atoms with Gasteiger partial charge in [-0.25, -0.2) is 8.42 Å². The molecule has 2 atom stereocenters. The van der Waals surface area contributed by atoms with E-state index < -0.39 is 15.4 Å². The van der Waals surface area contributed by atoms with E-state index in [0.29, 0.717) is 31.5 Å². The zero-order valence-electron chi connectivity index (χ0n) is 14.7. The van der Waals surface area contributed by atoms with Crippen LogP contribution in [-0.4, -0.2) is 66.6 Å². The summed E-state index contributed by atoms with van der Waals surface area (Å²) in [4.78, 5) is 14.7. The van der Waals surface area contributed by atoms with Gasteiger partial charge in [0.25, 0.3) is 5.91 Å². The Labute approximate surface area is 149 Å². The van der Waals surface area contributed by atoms with Gasteiger partial charge in [-0.1, -0.05) is 12.1 Å². The number of aryl methyl sites for hydroxylation is 1. The van der Waals surface area contributed by atoms with Gasteiger partial charge in [0.15, 0.2) is 9.84 Å². The van der Waals surface area contributed by atoms with Gasteiger partial charge in [0.2, 0.25) is 0 Å². The number of hydrogen-bond acceptors (Lipinski definition) is 5. The fourth-order valence-corrected chi connectivity index (χ4v) is 5.55. The summed E-state index contributed by atoms with van der Waals surface area (Å²) in [6, 6.07) is 6.97. The Morgan fingerprint density at radius 1 is 1.36 bits per heavy atom. The summed E-state index contributed by atoms with van der Waals surface area (Å²) < 4.78 is 23.9. The highest BCUT2D eigenvalue weighted by Gasteiger charge is 2.44. The average molecular weight is 366 g/mol. The number of aliphatic hydroxyl groups is 1. The number of fused-ring (bicyclic) bond motifs is 1. The minimum atomic E-state index is -3.09. The molecule has 138 valence electrons. The molecule has 6 nitrogen and oxygen atoms in total. The molecule has 0 spiro atoms. The molecule has 3 rings (SSSR count). The van der Waals surface area contributed by atoms with Gasteiger partial charge in [0.1, 0.15) is 0 Å². The first-order valence-corrected chi connectivity index (χ1v) is 10.5. The monoisotopic (exact) mass is 366 g/mol. The van der Waals surface area contributed by atoms with Crippen molar-refractivity contribution in [3.63, 3.8) is 0 Å². The van der Waals surface area contributed by atoms with Crippen LogP contribution in [0, 0.1) is 0 Å². The third-order valence-electron chi connectivity index (χ3n) is 4.94. The molecule has 2 aliphatic rings. The summed E-state index contributed by atoms with van der Waals surface area (Å²) in [6.07, 6.45) is 1.30. The number of benzene rings is 1. The zero-order chi connectivity index (χ0) is 18.2. The molecule has 2 N–H and O–H groups in total. The van der Waals surface area contributed by atoms with E-state index in [1.54, 1.807) is 24.8 Å². The summed E-state index contributed by atoms with van der Waals surface area (Å²) in [5.74, 6) is 0.0284. The van der Waals surface area contributed by atoms with Gasteiger partial charge < -0.3 is 15.3 Å². The van der Waals surface area contributed by atoms with Crippen LogP contribution in [0.2, 0.25) is 0 Å². The van der Waals surface area contributed by atoms with Gasteiger partial charge in [0.05, 0.1) is 23.1 Å². The van der Waals surface area contributed by atoms with Crippen LogP contribution in [0.3, 0.4) is 0 Å². The summed E-state index contributed by atoms with van der Waals surface area (Å²) in [5, 5.41) is 13.1. The van der Waals surface area contributed by atoms with Crippen molar-refractivity contribution in [1.82, 2.24) is 10.2 Å². The third-order valence-corrected chi connectivity index (χ3v) is 6.66. The molecule has 1 aromatic rings. The molecule has 7 heteroatoms. The standard InChI is InChI=1S/C18H26N2O4S/c1-18(2,22)7-6-13-4-3-5-14(10-13)17(21)20-9-8-19-15-11-25(23,24)12-16(15)20/h3-5,10,15-16,19,22H,6-9,11-12H2,1-2H3/t15-,16+/m0/s1. The molecule has 25 heavy (non-hydrogen) atoms. The number of nitrogens with zero attached hydrogens (tertiary/aromatic N) is 1. The lowest BCUT2D eigenvalue weighted by Crippen LogP contribution is -2.59. The quantitative estimate of drug-likeness (QED) is 0.815. The highest BCUT2D eigenvalue weighted by Crippen LogP contribution is 2.23. The number of carbonyl (C=O) groups excluding carboxylic acids is 1. The van der Waals surface area contributed by atoms with Crippen molar-refractivity contribution in [2.24, 2.45) is 0 Å². The molecule has 0 aromatic heterocycles. The number of hydrogen-bond donors (Lipinski definition) is 2. The fraction of sp³-hybridized carbons (Fsp3) is 0.611. The van der Waals surface area contributed by atoms with E-state index in [2.05, 4.69) is 5.32 Å². The molecule has 2 saturated heterocycles. The van der Waals surface area contributed by atoms with E-state index in [0.717, 1.165) is 5.56 Å². The van der Waals surface area contributed by atoms with Crippen molar-refractivity contribution in [2.45, 2.75) is 44.4 Å². The molecular weight excluding hydrogens is 340 g/mol. The topological polar surface area (TPSA) is 86.7 Å². The lowest BCUT2D eigenvalue weighted by molar-refractivity contribution is 0.0621. The van der Waals surface area contributed by atoms with Gasteiger partial charge in [0, 0.05) is 24.7 Å². The molecule has 0 unspecified atom stereocenters. The first-order valence-electron chi connectivity index (χ1n) is 8.71. The van der Waals surface area contributed by atoms with E-state index in [-0.39, 0.29) is 29.5 Å². The Hall–Kier alpha value is -1.44. The summed E-state index contributed by atoms with van der Waals surface area (Å²) in [7, 11) is -3.09. The van der Waals surface area contributed by atoms with E-state index in [1.165, 1.54) is 0 Å². The maximum absolute atomic E-state index is 13.0. The zero-order valence-corrected chi connectivity index (χ0v) is 15.6. The molecule has 0 saturated carbocycles. The summed E-state index contributed by atoms with van der Waals surface area (Å²) >= 11 is 0. The van der Waals surface area contributed by atoms with Crippen LogP contribution in [0.5, 0.6) is 0 Å². The second-order valence-corrected chi connectivity index (χ2v) is 9.87. The number of nitrogens with one attached hydrogen (secondary N) is 1. The van der Waals surface area contributed by atoms with Gasteiger partial charge in [-0.2, -0.15) is 0 Å². The smallest absolute Gasteiger partial charge is 0.254 e. The van der Waals surface area contributed by atoms with E-state index in [1.807, 2.05) is 18.2 Å². The van der Waals surface area contributed by atoms with Crippen molar-refractivity contribution < 1.29 is 18.3 Å². The molecular formula is C18H26N2O4S. The van der Waals surface area contributed by atoms with Crippen LogP contribution in [0.1, 0.15) is 36.2 Å². The largest absolute Gasteiger partial charge is 0.390 e. The van der Waals surface area contributed by atoms with Crippen LogP contribution < -0.4 is 5.32 Å². The Balaban J connectivity index is 1.76. The van der Waals surface area contributed by atoms with Crippen LogP contribution in [0.25, 0.3) is 0 Å². The minimum absolute atomic E-state index is 0.0365. The van der Waals surface area contributed by atoms with Crippen LogP contribution in [-0.2, 0) is 16.3 Å². The molecule has 2 fully saturated rings. The Kier molecular flexibility index (Phi) is 4.92. The summed E-state index contributed by atoms with van der Waals surface area (Å²) in [5.41, 5.74) is 0.834. The molecule has 2 aliphatic heterocycles. The Morgan fingerprint density at radius 3 is 2.84 bits per heavy atom. The molecule has 1 amide bonds. The lowest BCUT2D eigenvalue weighted by atomic mass is 9.97.